The summed E-state index contributed by atoms with van der Waals surface area (Å²) in [4.78, 5) is 30.3. The zero-order valence-electron chi connectivity index (χ0n) is 39.0. The number of thiophene rings is 1. The second-order valence-corrected chi connectivity index (χ2v) is 19.7. The van der Waals surface area contributed by atoms with Crippen LogP contribution in [0.5, 0.6) is 11.5 Å². The first-order valence-electron chi connectivity index (χ1n) is 22.6. The fraction of sp³-hybridized carbons (Fsp3) is 0.377. The molecule has 0 aliphatic carbocycles. The number of amides is 2. The molecule has 0 spiro atoms. The van der Waals surface area contributed by atoms with Crippen molar-refractivity contribution in [1.29, 1.82) is 0 Å². The number of phenolic OH excluding ortho intramolecular Hbond substituents is 1. The summed E-state index contributed by atoms with van der Waals surface area (Å²) in [6.07, 6.45) is 1.08. The molecule has 0 unspecified atom stereocenters. The maximum absolute atomic E-state index is 14.1. The highest BCUT2D eigenvalue weighted by molar-refractivity contribution is 7.13. The highest BCUT2D eigenvalue weighted by Gasteiger charge is 2.43. The van der Waals surface area contributed by atoms with Crippen LogP contribution in [0.25, 0.3) is 32.8 Å². The van der Waals surface area contributed by atoms with E-state index in [9.17, 15) is 19.8 Å². The predicted octanol–water partition coefficient (Wildman–Crippen LogP) is 9.58. The highest BCUT2D eigenvalue weighted by Crippen LogP contribution is 2.45. The SMILES string of the molecule is Cc1cc(-c2ccc(OCc3ccc(CCCOCCN[C@H](C(=O)N4C[C@H](O)C[C@H]4C(=O)NCc4ccc(-c5sccc5C)cc4)C(C)(C)C)cc3)c(-c3ccc(Cl)c(C)c3)c2O)n(C)n1. The summed E-state index contributed by atoms with van der Waals surface area (Å²) in [6.45, 7) is 14.1. The van der Waals surface area contributed by atoms with Crippen molar-refractivity contribution >= 4 is 34.8 Å². The maximum Gasteiger partial charge on any atom is 0.243 e. The normalized spacial score (nSPS) is 15.6. The average Bonchev–Trinajstić information content (AvgIpc) is 4.00. The molecule has 4 aromatic carbocycles. The summed E-state index contributed by atoms with van der Waals surface area (Å²) in [7, 11) is 1.86. The van der Waals surface area contributed by atoms with Crippen molar-refractivity contribution in [3.8, 4) is 44.3 Å². The number of likely N-dealkylation sites (tertiary alicyclic amines) is 1. The predicted molar refractivity (Wildman–Crippen MR) is 264 cm³/mol. The first-order chi connectivity index (χ1) is 31.6. The molecule has 66 heavy (non-hydrogen) atoms. The van der Waals surface area contributed by atoms with Gasteiger partial charge in [-0.3, -0.25) is 14.3 Å². The van der Waals surface area contributed by atoms with Gasteiger partial charge in [-0.25, -0.2) is 0 Å². The van der Waals surface area contributed by atoms with Crippen LogP contribution in [0.4, 0.5) is 0 Å². The number of nitrogens with zero attached hydrogens (tertiary/aromatic N) is 3. The Balaban J connectivity index is 0.866. The van der Waals surface area contributed by atoms with Crippen LogP contribution in [0.3, 0.4) is 0 Å². The Morgan fingerprint density at radius 1 is 0.909 bits per heavy atom. The number of aliphatic hydroxyl groups is 1. The largest absolute Gasteiger partial charge is 0.506 e. The Morgan fingerprint density at radius 3 is 2.29 bits per heavy atom. The molecule has 348 valence electrons. The number of nitrogens with one attached hydrogen (secondary N) is 2. The number of phenols is 1. The van der Waals surface area contributed by atoms with E-state index in [2.05, 4.69) is 70.5 Å². The van der Waals surface area contributed by atoms with E-state index in [0.29, 0.717) is 54.8 Å². The first-order valence-corrected chi connectivity index (χ1v) is 23.9. The van der Waals surface area contributed by atoms with Gasteiger partial charge >= 0.3 is 0 Å². The molecule has 11 nitrogen and oxygen atoms in total. The van der Waals surface area contributed by atoms with Gasteiger partial charge < -0.3 is 35.2 Å². The molecule has 3 atom stereocenters. The first kappa shape index (κ1) is 48.4. The van der Waals surface area contributed by atoms with E-state index < -0.39 is 23.6 Å². The number of ether oxygens (including phenoxy) is 2. The second-order valence-electron chi connectivity index (χ2n) is 18.4. The van der Waals surface area contributed by atoms with E-state index in [0.717, 1.165) is 52.0 Å². The number of carbonyl (C=O) groups is 2. The van der Waals surface area contributed by atoms with Crippen LogP contribution in [0, 0.1) is 26.2 Å². The molecule has 1 aliphatic heterocycles. The van der Waals surface area contributed by atoms with Crippen molar-refractivity contribution in [2.75, 3.05) is 26.3 Å². The lowest BCUT2D eigenvalue weighted by Gasteiger charge is -2.35. The summed E-state index contributed by atoms with van der Waals surface area (Å²) >= 11 is 8.08. The molecule has 0 bridgehead atoms. The molecule has 7 rings (SSSR count). The molecule has 13 heteroatoms. The summed E-state index contributed by atoms with van der Waals surface area (Å²) in [5, 5.41) is 35.9. The van der Waals surface area contributed by atoms with Gasteiger partial charge in [-0.2, -0.15) is 5.10 Å². The zero-order chi connectivity index (χ0) is 47.1. The third-order valence-corrected chi connectivity index (χ3v) is 13.6. The van der Waals surface area contributed by atoms with Gasteiger partial charge in [0.15, 0.2) is 0 Å². The van der Waals surface area contributed by atoms with Crippen LogP contribution in [0.15, 0.2) is 96.4 Å². The fourth-order valence-electron chi connectivity index (χ4n) is 8.55. The van der Waals surface area contributed by atoms with Gasteiger partial charge in [0.05, 0.1) is 35.7 Å². The van der Waals surface area contributed by atoms with Crippen LogP contribution in [-0.2, 0) is 40.9 Å². The molecule has 1 fully saturated rings. The summed E-state index contributed by atoms with van der Waals surface area (Å²) in [5.41, 5.74) is 9.69. The minimum absolute atomic E-state index is 0.112. The van der Waals surface area contributed by atoms with E-state index in [1.165, 1.54) is 20.9 Å². The molecule has 1 aliphatic rings. The van der Waals surface area contributed by atoms with Gasteiger partial charge in [-0.1, -0.05) is 87.0 Å². The third-order valence-electron chi connectivity index (χ3n) is 12.2. The van der Waals surface area contributed by atoms with Crippen LogP contribution in [0.2, 0.25) is 5.02 Å². The Labute approximate surface area is 397 Å². The number of benzene rings is 4. The molecular formula is C53H62ClN5O6S. The van der Waals surface area contributed by atoms with Gasteiger partial charge in [-0.15, -0.1) is 11.3 Å². The molecule has 0 saturated carbocycles. The van der Waals surface area contributed by atoms with E-state index >= 15 is 0 Å². The van der Waals surface area contributed by atoms with Gasteiger partial charge in [0, 0.05) is 55.2 Å². The molecule has 3 heterocycles. The topological polar surface area (TPSA) is 138 Å². The standard InChI is InChI=1S/C53H62ClN5O6S/c1-33-22-26-66-49(33)39-16-14-37(15-17-39)30-56-51(62)45-29-41(60)31-59(45)52(63)50(53(4,5)6)55-23-25-64-24-8-9-36-10-12-38(13-11-36)32-65-46-21-19-42(44-28-35(3)57-58(44)7)48(61)47(46)40-18-20-43(54)34(2)27-40/h10-22,26-28,41,45,50,55,60-61H,8-9,23-25,29-32H2,1-7H3,(H,56,62)/t41-,45+,50-/m1/s1. The Morgan fingerprint density at radius 2 is 1.62 bits per heavy atom. The molecule has 1 saturated heterocycles. The van der Waals surface area contributed by atoms with Crippen LogP contribution >= 0.6 is 22.9 Å². The number of aromatic nitrogens is 2. The number of carbonyl (C=O) groups excluding carboxylic acids is 2. The number of aliphatic hydroxyl groups excluding tert-OH is 1. The number of halogens is 1. The Bertz CT molecular complexity index is 2620. The van der Waals surface area contributed by atoms with Crippen molar-refractivity contribution in [2.24, 2.45) is 12.5 Å². The average molecular weight is 933 g/mol. The van der Waals surface area contributed by atoms with E-state index in [1.54, 1.807) is 16.0 Å². The maximum atomic E-state index is 14.1. The summed E-state index contributed by atoms with van der Waals surface area (Å²) in [6, 6.07) is 28.6. The van der Waals surface area contributed by atoms with Crippen molar-refractivity contribution in [2.45, 2.75) is 92.1 Å². The molecule has 2 amide bonds. The molecule has 2 aromatic heterocycles. The lowest BCUT2D eigenvalue weighted by atomic mass is 9.85. The van der Waals surface area contributed by atoms with Gasteiger partial charge in [-0.05, 0) is 120 Å². The summed E-state index contributed by atoms with van der Waals surface area (Å²) in [5.74, 6) is 0.206. The number of hydrogen-bond donors (Lipinski definition) is 4. The monoisotopic (exact) mass is 931 g/mol. The van der Waals surface area contributed by atoms with Gasteiger partial charge in [0.2, 0.25) is 11.8 Å². The van der Waals surface area contributed by atoms with Crippen molar-refractivity contribution in [1.82, 2.24) is 25.3 Å². The van der Waals surface area contributed by atoms with Crippen molar-refractivity contribution in [3.63, 3.8) is 0 Å². The fourth-order valence-corrected chi connectivity index (χ4v) is 9.60. The molecular weight excluding hydrogens is 870 g/mol. The van der Waals surface area contributed by atoms with Crippen LogP contribution < -0.4 is 15.4 Å². The van der Waals surface area contributed by atoms with Crippen molar-refractivity contribution in [3.05, 3.63) is 135 Å². The minimum Gasteiger partial charge on any atom is -0.506 e. The van der Waals surface area contributed by atoms with Crippen LogP contribution in [0.1, 0.15) is 67.1 Å². The van der Waals surface area contributed by atoms with Crippen LogP contribution in [-0.4, -0.2) is 81.2 Å². The number of β-amino-alcohol motifs (C(OH)–C–C–N with tert-alkyl or cyclic N) is 1. The van der Waals surface area contributed by atoms with E-state index in [-0.39, 0.29) is 30.5 Å². The molecule has 0 radical (unpaired) electrons. The lowest BCUT2D eigenvalue weighted by molar-refractivity contribution is -0.142. The Kier molecular flexibility index (Phi) is 15.7. The number of rotatable bonds is 18. The second kappa shape index (κ2) is 21.4. The molecule has 4 N–H and O–H groups in total. The quantitative estimate of drug-likeness (QED) is 0.0626. The van der Waals surface area contributed by atoms with E-state index in [4.69, 9.17) is 21.1 Å². The highest BCUT2D eigenvalue weighted by atomic mass is 35.5. The zero-order valence-corrected chi connectivity index (χ0v) is 40.6. The van der Waals surface area contributed by atoms with Gasteiger partial charge in [0.25, 0.3) is 0 Å². The third kappa shape index (κ3) is 11.7. The molecule has 6 aromatic rings. The smallest absolute Gasteiger partial charge is 0.243 e. The lowest BCUT2D eigenvalue weighted by Crippen LogP contribution is -2.57. The number of aryl methyl sites for hydroxylation is 5. The van der Waals surface area contributed by atoms with E-state index in [1.807, 2.05) is 90.2 Å². The Hall–Kier alpha value is -5.50. The number of hydrogen-bond acceptors (Lipinski definition) is 9. The van der Waals surface area contributed by atoms with Gasteiger partial charge in [0.1, 0.15) is 24.1 Å². The van der Waals surface area contributed by atoms with Crippen molar-refractivity contribution < 1.29 is 29.3 Å². The number of aromatic hydroxyl groups is 1. The minimum atomic E-state index is -0.772. The summed E-state index contributed by atoms with van der Waals surface area (Å²) < 4.78 is 14.1.